The first-order valence-electron chi connectivity index (χ1n) is 16.1. The summed E-state index contributed by atoms with van der Waals surface area (Å²) in [7, 11) is -0.223. The molecule has 1 amide bonds. The molecule has 1 fully saturated rings. The average Bonchev–Trinajstić information content (AvgIpc) is 3.03. The Labute approximate surface area is 277 Å². The van der Waals surface area contributed by atoms with Crippen molar-refractivity contribution < 1.29 is 22.7 Å². The highest BCUT2D eigenvalue weighted by Crippen LogP contribution is 2.34. The lowest BCUT2D eigenvalue weighted by atomic mass is 9.90. The van der Waals surface area contributed by atoms with Crippen LogP contribution < -0.4 is 10.1 Å². The number of carbonyl (C=O) groups is 1. The maximum atomic E-state index is 13.1. The zero-order chi connectivity index (χ0) is 33.9. The predicted molar refractivity (Wildman–Crippen MR) is 184 cm³/mol. The van der Waals surface area contributed by atoms with E-state index in [0.29, 0.717) is 28.0 Å². The van der Waals surface area contributed by atoms with Gasteiger partial charge in [0.2, 0.25) is 11.8 Å². The molecule has 4 aromatic rings. The van der Waals surface area contributed by atoms with E-state index < -0.39 is 15.4 Å². The second-order valence-corrected chi connectivity index (χ2v) is 15.2. The van der Waals surface area contributed by atoms with Crippen LogP contribution in [0.15, 0.2) is 59.6 Å². The van der Waals surface area contributed by atoms with E-state index >= 15 is 0 Å². The Morgan fingerprint density at radius 2 is 1.77 bits per heavy atom. The molecule has 1 aliphatic rings. The van der Waals surface area contributed by atoms with Gasteiger partial charge in [0, 0.05) is 36.3 Å². The van der Waals surface area contributed by atoms with Gasteiger partial charge >= 0.3 is 6.09 Å². The Bertz CT molecular complexity index is 1860. The van der Waals surface area contributed by atoms with Crippen molar-refractivity contribution in [2.24, 2.45) is 0 Å². The molecule has 47 heavy (non-hydrogen) atoms. The highest BCUT2D eigenvalue weighted by atomic mass is 32.2. The van der Waals surface area contributed by atoms with Gasteiger partial charge in [0.1, 0.15) is 5.60 Å². The summed E-state index contributed by atoms with van der Waals surface area (Å²) in [5.41, 5.74) is 4.18. The summed E-state index contributed by atoms with van der Waals surface area (Å²) in [6.07, 6.45) is 5.84. The number of methoxy groups -OCH3 is 1. The van der Waals surface area contributed by atoms with Gasteiger partial charge in [-0.15, -0.1) is 0 Å². The molecule has 0 spiro atoms. The number of anilines is 1. The fourth-order valence-electron chi connectivity index (χ4n) is 6.10. The van der Waals surface area contributed by atoms with Gasteiger partial charge in [-0.25, -0.2) is 28.2 Å². The fourth-order valence-corrected chi connectivity index (χ4v) is 7.65. The van der Waals surface area contributed by atoms with E-state index in [1.54, 1.807) is 36.1 Å². The number of rotatable bonds is 9. The molecule has 0 bridgehead atoms. The predicted octanol–water partition coefficient (Wildman–Crippen LogP) is 7.14. The van der Waals surface area contributed by atoms with Crippen molar-refractivity contribution in [2.75, 3.05) is 19.5 Å². The molecule has 10 nitrogen and oxygen atoms in total. The standard InChI is InChI=1S/C36H45N5O5S/c1-8-24-19-25(30-18-15-28(38-33(30)45-7)22-47(43,44)31-12-10-9-11-23(31)2)20-26-21-37-34(40-32(24)26)39-27-13-16-29(17-14-27)41(6)35(42)46-36(3,4)5/h9-12,15,18-21,27,29H,8,13-14,16-17,22H2,1-7H3,(H,37,39,40). The zero-order valence-electron chi connectivity index (χ0n) is 28.3. The molecule has 0 radical (unpaired) electrons. The van der Waals surface area contributed by atoms with Gasteiger partial charge in [-0.3, -0.25) is 0 Å². The molecule has 0 aliphatic heterocycles. The SMILES string of the molecule is CCc1cc(-c2ccc(CS(=O)(=O)c3ccccc3C)nc2OC)cc2cnc(NC3CCC(N(C)C(=O)OC(C)(C)C)CC3)nc12. The van der Waals surface area contributed by atoms with Crippen LogP contribution in [0, 0.1) is 6.92 Å². The van der Waals surface area contributed by atoms with Crippen LogP contribution in [-0.4, -0.2) is 66.2 Å². The summed E-state index contributed by atoms with van der Waals surface area (Å²) in [5.74, 6) is 0.719. The second-order valence-electron chi connectivity index (χ2n) is 13.2. The number of amides is 1. The molecule has 250 valence electrons. The van der Waals surface area contributed by atoms with Gasteiger partial charge < -0.3 is 19.7 Å². The lowest BCUT2D eigenvalue weighted by Gasteiger charge is -2.35. The van der Waals surface area contributed by atoms with Gasteiger partial charge in [0.05, 0.1) is 29.0 Å². The smallest absolute Gasteiger partial charge is 0.410 e. The number of sulfone groups is 1. The minimum absolute atomic E-state index is 0.142. The van der Waals surface area contributed by atoms with Crippen LogP contribution in [0.5, 0.6) is 5.88 Å². The number of carbonyl (C=O) groups excluding carboxylic acids is 1. The molecule has 11 heteroatoms. The van der Waals surface area contributed by atoms with Gasteiger partial charge in [-0.05, 0) is 107 Å². The normalized spacial score (nSPS) is 16.9. The summed E-state index contributed by atoms with van der Waals surface area (Å²) < 4.78 is 37.5. The van der Waals surface area contributed by atoms with Crippen molar-refractivity contribution in [2.45, 2.75) is 95.1 Å². The first-order chi connectivity index (χ1) is 22.3. The third kappa shape index (κ3) is 8.01. The number of pyridine rings is 1. The fraction of sp³-hybridized carbons (Fsp3) is 0.444. The molecule has 0 atom stereocenters. The first-order valence-corrected chi connectivity index (χ1v) is 17.8. The van der Waals surface area contributed by atoms with Crippen LogP contribution >= 0.6 is 0 Å². The van der Waals surface area contributed by atoms with E-state index in [4.69, 9.17) is 14.5 Å². The minimum atomic E-state index is -3.58. The topological polar surface area (TPSA) is 124 Å². The Morgan fingerprint density at radius 3 is 2.43 bits per heavy atom. The molecule has 0 saturated heterocycles. The first kappa shape index (κ1) is 34.1. The van der Waals surface area contributed by atoms with E-state index in [2.05, 4.69) is 28.3 Å². The van der Waals surface area contributed by atoms with Gasteiger partial charge in [-0.1, -0.05) is 25.1 Å². The number of hydrogen-bond acceptors (Lipinski definition) is 9. The number of fused-ring (bicyclic) bond motifs is 1. The number of nitrogens with one attached hydrogen (secondary N) is 1. The summed E-state index contributed by atoms with van der Waals surface area (Å²) in [6, 6.07) is 15.0. The molecule has 1 N–H and O–H groups in total. The third-order valence-electron chi connectivity index (χ3n) is 8.59. The average molecular weight is 660 g/mol. The quantitative estimate of drug-likeness (QED) is 0.200. The Balaban J connectivity index is 1.31. The van der Waals surface area contributed by atoms with Crippen molar-refractivity contribution in [3.8, 4) is 17.0 Å². The summed E-state index contributed by atoms with van der Waals surface area (Å²) in [4.78, 5) is 28.7. The number of nitrogens with zero attached hydrogens (tertiary/aromatic N) is 4. The maximum absolute atomic E-state index is 13.1. The lowest BCUT2D eigenvalue weighted by molar-refractivity contribution is 0.0185. The number of aromatic nitrogens is 3. The van der Waals surface area contributed by atoms with Crippen molar-refractivity contribution in [1.29, 1.82) is 0 Å². The summed E-state index contributed by atoms with van der Waals surface area (Å²) in [6.45, 7) is 9.51. The van der Waals surface area contributed by atoms with Crippen LogP contribution in [0.2, 0.25) is 0 Å². The second kappa shape index (κ2) is 13.9. The molecule has 2 aromatic heterocycles. The Hall–Kier alpha value is -4.25. The van der Waals surface area contributed by atoms with Crippen LogP contribution in [-0.2, 0) is 26.7 Å². The molecular formula is C36H45N5O5S. The Kier molecular flexibility index (Phi) is 10.0. The third-order valence-corrected chi connectivity index (χ3v) is 10.4. The number of hydrogen-bond donors (Lipinski definition) is 1. The molecule has 1 saturated carbocycles. The monoisotopic (exact) mass is 659 g/mol. The number of aryl methyl sites for hydroxylation is 2. The van der Waals surface area contributed by atoms with E-state index in [0.717, 1.165) is 59.7 Å². The summed E-state index contributed by atoms with van der Waals surface area (Å²) in [5, 5.41) is 4.41. The van der Waals surface area contributed by atoms with Gasteiger partial charge in [0.15, 0.2) is 9.84 Å². The molecule has 0 unspecified atom stereocenters. The Morgan fingerprint density at radius 1 is 1.04 bits per heavy atom. The van der Waals surface area contributed by atoms with E-state index in [-0.39, 0.29) is 23.9 Å². The zero-order valence-corrected chi connectivity index (χ0v) is 29.1. The van der Waals surface area contributed by atoms with Crippen LogP contribution in [0.4, 0.5) is 10.7 Å². The van der Waals surface area contributed by atoms with Crippen LogP contribution in [0.3, 0.4) is 0 Å². The van der Waals surface area contributed by atoms with Gasteiger partial charge in [0.25, 0.3) is 0 Å². The summed E-state index contributed by atoms with van der Waals surface area (Å²) >= 11 is 0. The van der Waals surface area contributed by atoms with Gasteiger partial charge in [-0.2, -0.15) is 0 Å². The molecular weight excluding hydrogens is 614 g/mol. The number of ether oxygens (including phenoxy) is 2. The molecule has 1 aliphatic carbocycles. The van der Waals surface area contributed by atoms with Crippen molar-refractivity contribution in [3.05, 3.63) is 71.5 Å². The molecule has 2 aromatic carbocycles. The van der Waals surface area contributed by atoms with E-state index in [1.807, 2.05) is 52.2 Å². The van der Waals surface area contributed by atoms with E-state index in [1.165, 1.54) is 7.11 Å². The highest BCUT2D eigenvalue weighted by molar-refractivity contribution is 7.90. The van der Waals surface area contributed by atoms with E-state index in [9.17, 15) is 13.2 Å². The van der Waals surface area contributed by atoms with Crippen molar-refractivity contribution in [1.82, 2.24) is 19.9 Å². The molecule has 5 rings (SSSR count). The van der Waals surface area contributed by atoms with Crippen molar-refractivity contribution in [3.63, 3.8) is 0 Å². The van der Waals surface area contributed by atoms with Crippen LogP contribution in [0.25, 0.3) is 22.0 Å². The minimum Gasteiger partial charge on any atom is -0.481 e. The maximum Gasteiger partial charge on any atom is 0.410 e. The number of benzene rings is 2. The highest BCUT2D eigenvalue weighted by Gasteiger charge is 2.30. The lowest BCUT2D eigenvalue weighted by Crippen LogP contribution is -2.43. The van der Waals surface area contributed by atoms with Crippen molar-refractivity contribution >= 4 is 32.8 Å². The van der Waals surface area contributed by atoms with Crippen LogP contribution in [0.1, 0.15) is 70.2 Å². The molecule has 2 heterocycles. The largest absolute Gasteiger partial charge is 0.481 e.